The lowest BCUT2D eigenvalue weighted by atomic mass is 10.6. The molecule has 0 heterocycles. The van der Waals surface area contributed by atoms with E-state index in [1.54, 1.807) is 0 Å². The fourth-order valence-electron chi connectivity index (χ4n) is 0. The summed E-state index contributed by atoms with van der Waals surface area (Å²) in [6.45, 7) is 6.40. The smallest absolute Gasteiger partial charge is 0.00372 e. The van der Waals surface area contributed by atoms with Gasteiger partial charge in [0, 0.05) is 5.33 Å². The van der Waals surface area contributed by atoms with E-state index in [-0.39, 0.29) is 0 Å². The summed E-state index contributed by atoms with van der Waals surface area (Å²) in [5, 5.41) is 0.799. The van der Waals surface area contributed by atoms with E-state index >= 15 is 0 Å². The Morgan fingerprint density at radius 1 is 1.75 bits per heavy atom. The average Bonchev–Trinajstić information content (AvgIpc) is 1.37. The lowest BCUT2D eigenvalue weighted by Crippen LogP contribution is -1.55. The SMILES string of the molecule is [C]CCBr. The van der Waals surface area contributed by atoms with Crippen LogP contribution in [0.4, 0.5) is 0 Å². The van der Waals surface area contributed by atoms with Gasteiger partial charge in [-0.1, -0.05) is 15.9 Å². The van der Waals surface area contributed by atoms with Crippen LogP contribution in [0.2, 0.25) is 0 Å². The van der Waals surface area contributed by atoms with Gasteiger partial charge in [-0.15, -0.1) is 0 Å². The zero-order valence-electron chi connectivity index (χ0n) is 2.29. The monoisotopic (exact) mass is 119 g/mol. The summed E-state index contributed by atoms with van der Waals surface area (Å²) in [6.07, 6.45) is 0.486. The molecule has 4 heavy (non-hydrogen) atoms. The van der Waals surface area contributed by atoms with Crippen LogP contribution >= 0.6 is 15.9 Å². The van der Waals surface area contributed by atoms with Crippen molar-refractivity contribution in [1.82, 2.24) is 0 Å². The zero-order valence-corrected chi connectivity index (χ0v) is 3.88. The molecule has 3 radical (unpaired) electrons. The molecule has 0 atom stereocenters. The molecule has 0 saturated carbocycles. The summed E-state index contributed by atoms with van der Waals surface area (Å²) in [4.78, 5) is 0. The number of hydrogen-bond acceptors (Lipinski definition) is 0. The van der Waals surface area contributed by atoms with Gasteiger partial charge in [-0.25, -0.2) is 0 Å². The first-order valence-electron chi connectivity index (χ1n) is 1.12. The number of hydrogen-bond donors (Lipinski definition) is 0. The summed E-state index contributed by atoms with van der Waals surface area (Å²) in [5.41, 5.74) is 0. The molecule has 0 aromatic carbocycles. The predicted octanol–water partition coefficient (Wildman–Crippen LogP) is 1.36. The second kappa shape index (κ2) is 3.48. The Balaban J connectivity index is 1.97. The summed E-state index contributed by atoms with van der Waals surface area (Å²) >= 11 is 3.06. The molecule has 0 spiro atoms. The number of rotatable bonds is 1. The zero-order chi connectivity index (χ0) is 3.41. The molecule has 0 saturated heterocycles. The predicted molar refractivity (Wildman–Crippen MR) is 21.7 cm³/mol. The third kappa shape index (κ3) is 2.48. The second-order valence-electron chi connectivity index (χ2n) is 0.439. The van der Waals surface area contributed by atoms with E-state index in [4.69, 9.17) is 6.92 Å². The Morgan fingerprint density at radius 3 is 2.00 bits per heavy atom. The molecule has 0 aliphatic carbocycles. The van der Waals surface area contributed by atoms with Crippen LogP contribution in [0.1, 0.15) is 6.42 Å². The molecule has 23 valence electrons. The highest BCUT2D eigenvalue weighted by Crippen LogP contribution is 1.79. The van der Waals surface area contributed by atoms with E-state index in [9.17, 15) is 0 Å². The molecule has 0 fully saturated rings. The maximum Gasteiger partial charge on any atom is 0.00372 e. The van der Waals surface area contributed by atoms with Crippen LogP contribution in [0.5, 0.6) is 0 Å². The Labute approximate surface area is 35.3 Å². The van der Waals surface area contributed by atoms with E-state index in [1.165, 1.54) is 0 Å². The van der Waals surface area contributed by atoms with Crippen molar-refractivity contribution in [2.24, 2.45) is 0 Å². The van der Waals surface area contributed by atoms with Crippen molar-refractivity contribution in [3.8, 4) is 0 Å². The van der Waals surface area contributed by atoms with E-state index in [2.05, 4.69) is 15.9 Å². The molecule has 0 N–H and O–H groups in total. The maximum absolute atomic E-state index is 6.40. The van der Waals surface area contributed by atoms with Crippen molar-refractivity contribution in [1.29, 1.82) is 0 Å². The fraction of sp³-hybridized carbons (Fsp3) is 0.667. The summed E-state index contributed by atoms with van der Waals surface area (Å²) < 4.78 is 0. The molecule has 0 aliphatic rings. The molecule has 0 nitrogen and oxygen atoms in total. The van der Waals surface area contributed by atoms with Gasteiger partial charge in [-0.3, -0.25) is 0 Å². The van der Waals surface area contributed by atoms with Crippen molar-refractivity contribution in [2.75, 3.05) is 5.33 Å². The van der Waals surface area contributed by atoms with Gasteiger partial charge in [0.05, 0.1) is 0 Å². The highest BCUT2D eigenvalue weighted by atomic mass is 79.9. The van der Waals surface area contributed by atoms with Crippen molar-refractivity contribution < 1.29 is 0 Å². The molecule has 0 aromatic heterocycles. The first kappa shape index (κ1) is 4.48. The molecule has 0 amide bonds. The first-order chi connectivity index (χ1) is 1.91. The Hall–Kier alpha value is 0.480. The Kier molecular flexibility index (Phi) is 3.90. The second-order valence-corrected chi connectivity index (χ2v) is 1.23. The largest absolute Gasteiger partial charge is 0.0928 e. The van der Waals surface area contributed by atoms with E-state index in [0.29, 0.717) is 6.42 Å². The summed E-state index contributed by atoms with van der Waals surface area (Å²) in [6, 6.07) is 0. The van der Waals surface area contributed by atoms with Crippen molar-refractivity contribution in [3.05, 3.63) is 6.92 Å². The normalized spacial score (nSPS) is 7.50. The van der Waals surface area contributed by atoms with Crippen molar-refractivity contribution in [3.63, 3.8) is 0 Å². The fourth-order valence-corrected chi connectivity index (χ4v) is 0. The van der Waals surface area contributed by atoms with Crippen LogP contribution in [0.25, 0.3) is 0 Å². The first-order valence-corrected chi connectivity index (χ1v) is 2.24. The van der Waals surface area contributed by atoms with Gasteiger partial charge in [0.2, 0.25) is 0 Å². The van der Waals surface area contributed by atoms with Crippen LogP contribution in [0.3, 0.4) is 0 Å². The quantitative estimate of drug-likeness (QED) is 0.458. The van der Waals surface area contributed by atoms with E-state index in [1.807, 2.05) is 0 Å². The van der Waals surface area contributed by atoms with Gasteiger partial charge in [0.15, 0.2) is 0 Å². The highest BCUT2D eigenvalue weighted by molar-refractivity contribution is 9.09. The standard InChI is InChI=1S/C3H4Br/c1-2-3-4/h2-3H2. The van der Waals surface area contributed by atoms with Gasteiger partial charge in [0.1, 0.15) is 0 Å². The molecule has 0 aliphatic heterocycles. The molecule has 0 aromatic rings. The van der Waals surface area contributed by atoms with Crippen molar-refractivity contribution >= 4 is 15.9 Å². The van der Waals surface area contributed by atoms with Crippen LogP contribution in [0, 0.1) is 6.92 Å². The minimum Gasteiger partial charge on any atom is -0.0928 e. The maximum atomic E-state index is 6.40. The molecule has 1 heteroatoms. The van der Waals surface area contributed by atoms with Gasteiger partial charge in [-0.2, -0.15) is 0 Å². The van der Waals surface area contributed by atoms with Crippen LogP contribution in [-0.4, -0.2) is 5.33 Å². The van der Waals surface area contributed by atoms with Gasteiger partial charge in [-0.05, 0) is 13.3 Å². The summed E-state index contributed by atoms with van der Waals surface area (Å²) in [5.74, 6) is 0. The minimum atomic E-state index is 0.486. The number of halogens is 1. The Bertz CT molecular complexity index is 5.25. The molecular formula is C3H4Br. The van der Waals surface area contributed by atoms with Crippen molar-refractivity contribution in [2.45, 2.75) is 6.42 Å². The van der Waals surface area contributed by atoms with Gasteiger partial charge >= 0.3 is 0 Å². The number of alkyl halides is 1. The van der Waals surface area contributed by atoms with E-state index < -0.39 is 0 Å². The average molecular weight is 120 g/mol. The topological polar surface area (TPSA) is 0 Å². The van der Waals surface area contributed by atoms with E-state index in [0.717, 1.165) is 5.33 Å². The summed E-state index contributed by atoms with van der Waals surface area (Å²) in [7, 11) is 0. The minimum absolute atomic E-state index is 0.486. The third-order valence-corrected chi connectivity index (χ3v) is 0.491. The molecule has 0 rings (SSSR count). The molecular weight excluding hydrogens is 116 g/mol. The highest BCUT2D eigenvalue weighted by Gasteiger charge is 1.59. The Morgan fingerprint density at radius 2 is 2.00 bits per heavy atom. The lowest BCUT2D eigenvalue weighted by Gasteiger charge is -1.64. The molecule has 0 bridgehead atoms. The van der Waals surface area contributed by atoms with Crippen LogP contribution in [0.15, 0.2) is 0 Å². The van der Waals surface area contributed by atoms with Gasteiger partial charge < -0.3 is 0 Å². The van der Waals surface area contributed by atoms with Crippen LogP contribution in [-0.2, 0) is 0 Å². The lowest BCUT2D eigenvalue weighted by molar-refractivity contribution is 1.26. The van der Waals surface area contributed by atoms with Gasteiger partial charge in [0.25, 0.3) is 0 Å². The van der Waals surface area contributed by atoms with Crippen LogP contribution < -0.4 is 0 Å². The third-order valence-electron chi connectivity index (χ3n) is 0.0945. The molecule has 0 unspecified atom stereocenters.